The lowest BCUT2D eigenvalue weighted by Gasteiger charge is -2.09. The van der Waals surface area contributed by atoms with Crippen LogP contribution in [0.5, 0.6) is 0 Å². The highest BCUT2D eigenvalue weighted by molar-refractivity contribution is 5.91. The fraction of sp³-hybridized carbons (Fsp3) is 0.273. The van der Waals surface area contributed by atoms with Gasteiger partial charge in [-0.2, -0.15) is 10.2 Å². The Morgan fingerprint density at radius 3 is 2.65 bits per heavy atom. The minimum Gasteiger partial charge on any atom is -0.349 e. The molecule has 0 bridgehead atoms. The molecule has 3 rings (SSSR count). The fourth-order valence-electron chi connectivity index (χ4n) is 1.79. The Labute approximate surface area is 97.0 Å². The van der Waals surface area contributed by atoms with E-state index in [-0.39, 0.29) is 0 Å². The molecule has 0 unspecified atom stereocenters. The molecule has 2 heterocycles. The molecule has 0 amide bonds. The molecule has 0 N–H and O–H groups in total. The van der Waals surface area contributed by atoms with Crippen LogP contribution in [0.3, 0.4) is 0 Å². The Kier molecular flexibility index (Phi) is 2.31. The van der Waals surface area contributed by atoms with Crippen molar-refractivity contribution in [1.29, 1.82) is 0 Å². The molecule has 17 heavy (non-hydrogen) atoms. The number of rotatable bonds is 3. The van der Waals surface area contributed by atoms with Gasteiger partial charge in [0, 0.05) is 19.4 Å². The molecule has 2 aliphatic heterocycles. The first-order valence-corrected chi connectivity index (χ1v) is 5.10. The molecule has 6 heteroatoms. The van der Waals surface area contributed by atoms with Crippen molar-refractivity contribution in [3.63, 3.8) is 0 Å². The summed E-state index contributed by atoms with van der Waals surface area (Å²) in [5, 5.41) is 9.55. The highest BCUT2D eigenvalue weighted by atomic mass is 16.7. The van der Waals surface area contributed by atoms with E-state index in [0.717, 1.165) is 22.0 Å². The number of nitrogens with zero attached hydrogens (tertiary/aromatic N) is 4. The van der Waals surface area contributed by atoms with Gasteiger partial charge in [0.15, 0.2) is 5.84 Å². The van der Waals surface area contributed by atoms with Crippen LogP contribution < -0.4 is 10.6 Å². The fourth-order valence-corrected chi connectivity index (χ4v) is 1.79. The summed E-state index contributed by atoms with van der Waals surface area (Å²) in [6.07, 6.45) is 1.16. The second-order valence-electron chi connectivity index (χ2n) is 3.63. The van der Waals surface area contributed by atoms with Crippen LogP contribution in [0.1, 0.15) is 0 Å². The predicted octanol–water partition coefficient (Wildman–Crippen LogP) is 0.804. The molecule has 0 saturated carbocycles. The molecule has 0 aliphatic carbocycles. The first kappa shape index (κ1) is 10.2. The van der Waals surface area contributed by atoms with Gasteiger partial charge < -0.3 is 9.47 Å². The quantitative estimate of drug-likeness (QED) is 0.721. The number of benzene rings is 1. The van der Waals surface area contributed by atoms with Crippen LogP contribution in [-0.2, 0) is 9.47 Å². The van der Waals surface area contributed by atoms with Gasteiger partial charge in [-0.25, -0.2) is 9.98 Å². The van der Waals surface area contributed by atoms with Gasteiger partial charge in [-0.15, -0.1) is 0 Å². The van der Waals surface area contributed by atoms with E-state index < -0.39 is 6.29 Å². The van der Waals surface area contributed by atoms with Gasteiger partial charge in [0.1, 0.15) is 0 Å². The standard InChI is InChI=1S/C11H10N4O2/c1-16-11(17-2)10-13-8-3-6-5-12-15-7(6)4-9(8)14-10/h3-5,11H,1-2H3. The number of hydrogen-bond donors (Lipinski definition) is 0. The molecular weight excluding hydrogens is 220 g/mol. The Morgan fingerprint density at radius 2 is 1.88 bits per heavy atom. The van der Waals surface area contributed by atoms with Gasteiger partial charge in [0.2, 0.25) is 6.29 Å². The highest BCUT2D eigenvalue weighted by Crippen LogP contribution is 2.17. The van der Waals surface area contributed by atoms with Crippen LogP contribution in [0.25, 0.3) is 6.20 Å². The maximum absolute atomic E-state index is 5.12. The topological polar surface area (TPSA) is 67.9 Å². The Hall–Kier alpha value is -1.92. The summed E-state index contributed by atoms with van der Waals surface area (Å²) in [4.78, 5) is 8.72. The molecule has 6 nitrogen and oxygen atoms in total. The zero-order valence-electron chi connectivity index (χ0n) is 9.41. The third-order valence-corrected chi connectivity index (χ3v) is 2.60. The van der Waals surface area contributed by atoms with Gasteiger partial charge in [0.25, 0.3) is 0 Å². The summed E-state index contributed by atoms with van der Waals surface area (Å²) in [5.41, 5.74) is 1.61. The third-order valence-electron chi connectivity index (χ3n) is 2.60. The summed E-state index contributed by atoms with van der Waals surface area (Å²) in [7, 11) is 3.11. The van der Waals surface area contributed by atoms with Crippen LogP contribution in [0.4, 0.5) is 11.4 Å². The third kappa shape index (κ3) is 1.58. The zero-order chi connectivity index (χ0) is 11.8. The van der Waals surface area contributed by atoms with Crippen molar-refractivity contribution >= 4 is 23.4 Å². The Bertz CT molecular complexity index is 644. The predicted molar refractivity (Wildman–Crippen MR) is 61.1 cm³/mol. The largest absolute Gasteiger partial charge is 0.349 e. The average molecular weight is 230 g/mol. The molecule has 0 fully saturated rings. The number of azo groups is 1. The number of hydrogen-bond acceptors (Lipinski definition) is 6. The van der Waals surface area contributed by atoms with Gasteiger partial charge >= 0.3 is 0 Å². The van der Waals surface area contributed by atoms with Gasteiger partial charge in [-0.3, -0.25) is 0 Å². The molecule has 0 saturated heterocycles. The highest BCUT2D eigenvalue weighted by Gasteiger charge is 2.19. The van der Waals surface area contributed by atoms with Crippen molar-refractivity contribution in [3.05, 3.63) is 22.7 Å². The summed E-state index contributed by atoms with van der Waals surface area (Å²) < 4.78 is 10.2. The first-order chi connectivity index (χ1) is 8.31. The lowest BCUT2D eigenvalue weighted by molar-refractivity contribution is -0.0525. The zero-order valence-corrected chi connectivity index (χ0v) is 9.41. The molecule has 0 spiro atoms. The van der Waals surface area contributed by atoms with Crippen molar-refractivity contribution in [3.8, 4) is 0 Å². The van der Waals surface area contributed by atoms with Crippen LogP contribution in [0.15, 0.2) is 32.3 Å². The number of aliphatic imine (C=N–C) groups is 1. The van der Waals surface area contributed by atoms with Gasteiger partial charge in [-0.05, 0) is 12.1 Å². The lowest BCUT2D eigenvalue weighted by atomic mass is 10.2. The van der Waals surface area contributed by atoms with Gasteiger partial charge in [0.05, 0.1) is 22.9 Å². The van der Waals surface area contributed by atoms with E-state index >= 15 is 0 Å². The SMILES string of the molecule is COC(OC)C1=Nc2cc3c(cc2=N1)N=NC=3. The molecular formula is C11H10N4O2. The smallest absolute Gasteiger partial charge is 0.218 e. The number of fused-ring (bicyclic) bond motifs is 2. The van der Waals surface area contributed by atoms with Crippen LogP contribution in [0.2, 0.25) is 0 Å². The number of methoxy groups -OCH3 is 2. The number of ether oxygens (including phenoxy) is 2. The molecule has 0 atom stereocenters. The average Bonchev–Trinajstić information content (AvgIpc) is 2.92. The van der Waals surface area contributed by atoms with Crippen LogP contribution >= 0.6 is 0 Å². The van der Waals surface area contributed by atoms with Crippen molar-refractivity contribution in [2.24, 2.45) is 20.2 Å². The van der Waals surface area contributed by atoms with E-state index in [4.69, 9.17) is 9.47 Å². The van der Waals surface area contributed by atoms with E-state index in [1.165, 1.54) is 0 Å². The first-order valence-electron chi connectivity index (χ1n) is 5.10. The number of amidine groups is 1. The summed E-state index contributed by atoms with van der Waals surface area (Å²) in [6.45, 7) is 0. The minimum absolute atomic E-state index is 0.519. The molecule has 1 aromatic rings. The molecule has 86 valence electrons. The van der Waals surface area contributed by atoms with E-state index in [2.05, 4.69) is 20.2 Å². The van der Waals surface area contributed by atoms with Crippen molar-refractivity contribution in [2.75, 3.05) is 14.2 Å². The van der Waals surface area contributed by atoms with Crippen molar-refractivity contribution in [2.45, 2.75) is 6.29 Å². The summed E-state index contributed by atoms with van der Waals surface area (Å²) in [5.74, 6) is 0.519. The Morgan fingerprint density at radius 1 is 1.06 bits per heavy atom. The molecule has 0 radical (unpaired) electrons. The van der Waals surface area contributed by atoms with E-state index in [1.54, 1.807) is 20.4 Å². The molecule has 0 aromatic heterocycles. The second-order valence-corrected chi connectivity index (χ2v) is 3.63. The Balaban J connectivity index is 2.08. The second kappa shape index (κ2) is 3.83. The minimum atomic E-state index is -0.539. The van der Waals surface area contributed by atoms with Crippen molar-refractivity contribution in [1.82, 2.24) is 0 Å². The monoisotopic (exact) mass is 230 g/mol. The van der Waals surface area contributed by atoms with Crippen LogP contribution in [-0.4, -0.2) is 26.3 Å². The van der Waals surface area contributed by atoms with Gasteiger partial charge in [-0.1, -0.05) is 0 Å². The van der Waals surface area contributed by atoms with E-state index in [0.29, 0.717) is 5.84 Å². The van der Waals surface area contributed by atoms with E-state index in [1.807, 2.05) is 12.1 Å². The molecule has 2 aliphatic rings. The van der Waals surface area contributed by atoms with Crippen LogP contribution in [0, 0.1) is 0 Å². The van der Waals surface area contributed by atoms with Crippen molar-refractivity contribution < 1.29 is 9.47 Å². The molecule has 1 aromatic carbocycles. The summed E-state index contributed by atoms with van der Waals surface area (Å²) in [6, 6.07) is 3.76. The summed E-state index contributed by atoms with van der Waals surface area (Å²) >= 11 is 0. The lowest BCUT2D eigenvalue weighted by Crippen LogP contribution is -2.22. The maximum atomic E-state index is 5.12. The van der Waals surface area contributed by atoms with E-state index in [9.17, 15) is 0 Å². The maximum Gasteiger partial charge on any atom is 0.218 e. The normalized spacial score (nSPS) is 15.4.